The Morgan fingerprint density at radius 3 is 2.76 bits per heavy atom. The number of nitro groups is 1. The normalized spacial score (nSPS) is 17.2. The Kier molecular flexibility index (Phi) is 4.54. The van der Waals surface area contributed by atoms with Crippen molar-refractivity contribution in [3.63, 3.8) is 0 Å². The molecule has 21 heavy (non-hydrogen) atoms. The summed E-state index contributed by atoms with van der Waals surface area (Å²) in [7, 11) is 0. The minimum Gasteiger partial charge on any atom is -0.480 e. The molecule has 1 N–H and O–H groups in total. The topological polar surface area (TPSA) is 92.9 Å². The van der Waals surface area contributed by atoms with Gasteiger partial charge in [-0.2, -0.15) is 0 Å². The molecule has 0 aromatic heterocycles. The SMILES string of the molecule is CC1(OCC(=O)O)CN(CCc2ccccc2[N+](=O)[O-])C1. The molecule has 0 amide bonds. The average Bonchev–Trinajstić information content (AvgIpc) is 2.40. The van der Waals surface area contributed by atoms with Gasteiger partial charge in [0.15, 0.2) is 0 Å². The lowest BCUT2D eigenvalue weighted by molar-refractivity contribution is -0.385. The summed E-state index contributed by atoms with van der Waals surface area (Å²) in [5.41, 5.74) is 0.423. The van der Waals surface area contributed by atoms with Crippen LogP contribution in [0.15, 0.2) is 24.3 Å². The van der Waals surface area contributed by atoms with Gasteiger partial charge in [-0.1, -0.05) is 18.2 Å². The summed E-state index contributed by atoms with van der Waals surface area (Å²) in [6.45, 7) is 3.55. The number of benzene rings is 1. The van der Waals surface area contributed by atoms with E-state index in [0.717, 1.165) is 0 Å². The van der Waals surface area contributed by atoms with Crippen molar-refractivity contribution in [1.82, 2.24) is 4.90 Å². The van der Waals surface area contributed by atoms with Crippen LogP contribution in [0.25, 0.3) is 0 Å². The van der Waals surface area contributed by atoms with Crippen molar-refractivity contribution in [1.29, 1.82) is 0 Å². The van der Waals surface area contributed by atoms with Gasteiger partial charge < -0.3 is 9.84 Å². The molecular formula is C14H18N2O5. The zero-order valence-corrected chi connectivity index (χ0v) is 11.8. The van der Waals surface area contributed by atoms with Crippen molar-refractivity contribution >= 4 is 11.7 Å². The van der Waals surface area contributed by atoms with Crippen molar-refractivity contribution in [3.8, 4) is 0 Å². The van der Waals surface area contributed by atoms with Crippen molar-refractivity contribution in [2.75, 3.05) is 26.2 Å². The molecule has 1 aromatic rings. The zero-order valence-electron chi connectivity index (χ0n) is 11.8. The summed E-state index contributed by atoms with van der Waals surface area (Å²) in [4.78, 5) is 23.1. The Morgan fingerprint density at radius 2 is 2.14 bits per heavy atom. The lowest BCUT2D eigenvalue weighted by atomic mass is 9.95. The van der Waals surface area contributed by atoms with E-state index in [2.05, 4.69) is 4.90 Å². The zero-order chi connectivity index (χ0) is 15.5. The van der Waals surface area contributed by atoms with Crippen LogP contribution in [0.2, 0.25) is 0 Å². The van der Waals surface area contributed by atoms with Gasteiger partial charge in [0.25, 0.3) is 5.69 Å². The fourth-order valence-corrected chi connectivity index (χ4v) is 2.56. The molecule has 0 unspecified atom stereocenters. The van der Waals surface area contributed by atoms with Crippen LogP contribution in [0.3, 0.4) is 0 Å². The standard InChI is InChI=1S/C14H18N2O5/c1-14(21-8-13(17)18)9-15(10-14)7-6-11-4-2-3-5-12(11)16(19)20/h2-5H,6-10H2,1H3,(H,17,18). The highest BCUT2D eigenvalue weighted by molar-refractivity contribution is 5.68. The Bertz CT molecular complexity index is 540. The van der Waals surface area contributed by atoms with Gasteiger partial charge in [-0.15, -0.1) is 0 Å². The highest BCUT2D eigenvalue weighted by atomic mass is 16.6. The maximum atomic E-state index is 10.9. The van der Waals surface area contributed by atoms with Gasteiger partial charge in [0, 0.05) is 31.3 Å². The summed E-state index contributed by atoms with van der Waals surface area (Å²) >= 11 is 0. The Morgan fingerprint density at radius 1 is 1.48 bits per heavy atom. The summed E-state index contributed by atoms with van der Waals surface area (Å²) < 4.78 is 5.32. The Balaban J connectivity index is 1.81. The molecular weight excluding hydrogens is 276 g/mol. The van der Waals surface area contributed by atoms with Crippen molar-refractivity contribution < 1.29 is 19.6 Å². The van der Waals surface area contributed by atoms with Crippen LogP contribution in [-0.4, -0.2) is 52.7 Å². The van der Waals surface area contributed by atoms with E-state index in [4.69, 9.17) is 9.84 Å². The van der Waals surface area contributed by atoms with Crippen molar-refractivity contribution in [2.24, 2.45) is 0 Å². The molecule has 114 valence electrons. The second-order valence-electron chi connectivity index (χ2n) is 5.48. The lowest BCUT2D eigenvalue weighted by Gasteiger charge is -2.47. The minimum absolute atomic E-state index is 0.142. The number of hydrogen-bond donors (Lipinski definition) is 1. The first-order chi connectivity index (χ1) is 9.89. The van der Waals surface area contributed by atoms with E-state index >= 15 is 0 Å². The molecule has 0 atom stereocenters. The number of rotatable bonds is 7. The molecule has 1 heterocycles. The fourth-order valence-electron chi connectivity index (χ4n) is 2.56. The predicted octanol–water partition coefficient (Wildman–Crippen LogP) is 1.31. The van der Waals surface area contributed by atoms with Crippen LogP contribution in [0.1, 0.15) is 12.5 Å². The van der Waals surface area contributed by atoms with Crippen LogP contribution < -0.4 is 0 Å². The Labute approximate surface area is 122 Å². The maximum absolute atomic E-state index is 10.9. The number of likely N-dealkylation sites (tertiary alicyclic amines) is 1. The number of para-hydroxylation sites is 1. The molecule has 0 spiro atoms. The monoisotopic (exact) mass is 294 g/mol. The van der Waals surface area contributed by atoms with Gasteiger partial charge in [0.1, 0.15) is 6.61 Å². The minimum atomic E-state index is -0.977. The summed E-state index contributed by atoms with van der Waals surface area (Å²) in [6.07, 6.45) is 0.589. The van der Waals surface area contributed by atoms with Crippen molar-refractivity contribution in [2.45, 2.75) is 18.9 Å². The van der Waals surface area contributed by atoms with Crippen LogP contribution in [-0.2, 0) is 16.0 Å². The van der Waals surface area contributed by atoms with Gasteiger partial charge in [0.2, 0.25) is 0 Å². The first kappa shape index (κ1) is 15.4. The first-order valence-electron chi connectivity index (χ1n) is 6.70. The average molecular weight is 294 g/mol. The summed E-state index contributed by atoms with van der Waals surface area (Å²) in [5.74, 6) is -0.977. The molecule has 0 saturated carbocycles. The number of aliphatic carboxylic acids is 1. The van der Waals surface area contributed by atoms with E-state index < -0.39 is 11.6 Å². The second-order valence-corrected chi connectivity index (χ2v) is 5.48. The number of nitro benzene ring substituents is 1. The predicted molar refractivity (Wildman–Crippen MR) is 75.2 cm³/mol. The van der Waals surface area contributed by atoms with Gasteiger partial charge in [-0.05, 0) is 13.3 Å². The molecule has 2 rings (SSSR count). The Hall–Kier alpha value is -1.99. The van der Waals surface area contributed by atoms with E-state index in [9.17, 15) is 14.9 Å². The van der Waals surface area contributed by atoms with Gasteiger partial charge in [-0.25, -0.2) is 4.79 Å². The molecule has 1 fully saturated rings. The number of ether oxygens (including phenoxy) is 1. The number of carboxylic acids is 1. The first-order valence-corrected chi connectivity index (χ1v) is 6.70. The smallest absolute Gasteiger partial charge is 0.329 e. The molecule has 7 nitrogen and oxygen atoms in total. The number of hydrogen-bond acceptors (Lipinski definition) is 5. The molecule has 1 aromatic carbocycles. The molecule has 1 aliphatic rings. The highest BCUT2D eigenvalue weighted by Crippen LogP contribution is 2.26. The van der Waals surface area contributed by atoms with Crippen molar-refractivity contribution in [3.05, 3.63) is 39.9 Å². The lowest BCUT2D eigenvalue weighted by Crippen LogP contribution is -2.62. The van der Waals surface area contributed by atoms with Gasteiger partial charge >= 0.3 is 5.97 Å². The van der Waals surface area contributed by atoms with E-state index in [1.807, 2.05) is 6.92 Å². The molecule has 0 bridgehead atoms. The number of carbonyl (C=O) groups is 1. The largest absolute Gasteiger partial charge is 0.480 e. The fraction of sp³-hybridized carbons (Fsp3) is 0.500. The van der Waals surface area contributed by atoms with Crippen LogP contribution in [0.5, 0.6) is 0 Å². The maximum Gasteiger partial charge on any atom is 0.329 e. The van der Waals surface area contributed by atoms with Gasteiger partial charge in [0.05, 0.1) is 10.5 Å². The molecule has 0 aliphatic carbocycles. The number of carboxylic acid groups (broad SMARTS) is 1. The van der Waals surface area contributed by atoms with E-state index in [1.54, 1.807) is 18.2 Å². The van der Waals surface area contributed by atoms with Gasteiger partial charge in [-0.3, -0.25) is 15.0 Å². The summed E-state index contributed by atoms with van der Waals surface area (Å²) in [6, 6.07) is 6.71. The molecule has 0 radical (unpaired) electrons. The third-order valence-electron chi connectivity index (χ3n) is 3.55. The van der Waals surface area contributed by atoms with E-state index in [0.29, 0.717) is 31.6 Å². The second kappa shape index (κ2) is 6.19. The third kappa shape index (κ3) is 3.99. The van der Waals surface area contributed by atoms with E-state index in [-0.39, 0.29) is 17.2 Å². The highest BCUT2D eigenvalue weighted by Gasteiger charge is 2.39. The van der Waals surface area contributed by atoms with E-state index in [1.165, 1.54) is 6.07 Å². The number of nitrogens with zero attached hydrogens (tertiary/aromatic N) is 2. The quantitative estimate of drug-likeness (QED) is 0.602. The van der Waals surface area contributed by atoms with Crippen LogP contribution >= 0.6 is 0 Å². The van der Waals surface area contributed by atoms with Crippen LogP contribution in [0.4, 0.5) is 5.69 Å². The third-order valence-corrected chi connectivity index (χ3v) is 3.55. The summed E-state index contributed by atoms with van der Waals surface area (Å²) in [5, 5.41) is 19.5. The molecule has 1 saturated heterocycles. The van der Waals surface area contributed by atoms with Crippen LogP contribution in [0, 0.1) is 10.1 Å². The molecule has 7 heteroatoms. The molecule has 1 aliphatic heterocycles.